The lowest BCUT2D eigenvalue weighted by molar-refractivity contribution is 0.585. The highest BCUT2D eigenvalue weighted by molar-refractivity contribution is 5.73. The number of hydrogen-bond acceptors (Lipinski definition) is 2. The third-order valence-corrected chi connectivity index (χ3v) is 3.92. The summed E-state index contributed by atoms with van der Waals surface area (Å²) in [5.41, 5.74) is 1.71. The monoisotopic (exact) mass is 315 g/mol. The number of rotatable bonds is 2. The zero-order valence-electron chi connectivity index (χ0n) is 12.0. The van der Waals surface area contributed by atoms with Crippen molar-refractivity contribution >= 4 is 5.82 Å². The van der Waals surface area contributed by atoms with Crippen molar-refractivity contribution in [1.82, 2.24) is 9.78 Å². The lowest BCUT2D eigenvalue weighted by atomic mass is 10.1. The third-order valence-electron chi connectivity index (χ3n) is 3.92. The van der Waals surface area contributed by atoms with E-state index in [1.165, 1.54) is 22.9 Å². The Morgan fingerprint density at radius 1 is 1.00 bits per heavy atom. The normalized spacial score (nSPS) is 13.0. The summed E-state index contributed by atoms with van der Waals surface area (Å²) in [4.78, 5) is 0. The molecule has 3 nitrogen and oxygen atoms in total. The van der Waals surface area contributed by atoms with Crippen molar-refractivity contribution in [2.24, 2.45) is 0 Å². The SMILES string of the molecule is Fc1ccc(-c2nn(-c3ccccc3F)c3c2CCN3)c(F)c1. The van der Waals surface area contributed by atoms with E-state index in [-0.39, 0.29) is 11.3 Å². The van der Waals surface area contributed by atoms with E-state index >= 15 is 0 Å². The predicted octanol–water partition coefficient (Wildman–Crippen LogP) is 3.92. The van der Waals surface area contributed by atoms with E-state index in [1.54, 1.807) is 18.2 Å². The molecule has 4 rings (SSSR count). The van der Waals surface area contributed by atoms with Crippen molar-refractivity contribution in [3.8, 4) is 16.9 Å². The first-order valence-corrected chi connectivity index (χ1v) is 7.21. The Hall–Kier alpha value is -2.76. The molecule has 1 aromatic heterocycles. The summed E-state index contributed by atoms with van der Waals surface area (Å²) in [6.45, 7) is 0.664. The standard InChI is InChI=1S/C17H12F3N3/c18-10-5-6-11(14(20)9-10)16-12-7-8-21-17(12)23(22-16)15-4-2-1-3-13(15)19/h1-6,9,21H,7-8H2. The maximum absolute atomic E-state index is 14.1. The second-order valence-corrected chi connectivity index (χ2v) is 5.34. The number of para-hydroxylation sites is 1. The molecule has 0 atom stereocenters. The molecule has 1 aliphatic heterocycles. The number of benzene rings is 2. The fraction of sp³-hybridized carbons (Fsp3) is 0.118. The summed E-state index contributed by atoms with van der Waals surface area (Å²) in [5.74, 6) is -1.10. The lowest BCUT2D eigenvalue weighted by Gasteiger charge is -2.07. The van der Waals surface area contributed by atoms with E-state index in [2.05, 4.69) is 10.4 Å². The Morgan fingerprint density at radius 3 is 2.61 bits per heavy atom. The van der Waals surface area contributed by atoms with Gasteiger partial charge in [-0.15, -0.1) is 0 Å². The van der Waals surface area contributed by atoms with Crippen LogP contribution in [0.3, 0.4) is 0 Å². The molecule has 1 N–H and O–H groups in total. The summed E-state index contributed by atoms with van der Waals surface area (Å²) in [6.07, 6.45) is 0.649. The van der Waals surface area contributed by atoms with E-state index in [0.717, 1.165) is 11.6 Å². The molecule has 1 aliphatic rings. The van der Waals surface area contributed by atoms with Gasteiger partial charge in [0.1, 0.15) is 34.7 Å². The van der Waals surface area contributed by atoms with Gasteiger partial charge in [0.05, 0.1) is 0 Å². The van der Waals surface area contributed by atoms with E-state index in [0.29, 0.717) is 24.5 Å². The van der Waals surface area contributed by atoms with Crippen molar-refractivity contribution in [2.45, 2.75) is 6.42 Å². The van der Waals surface area contributed by atoms with Crippen molar-refractivity contribution in [3.63, 3.8) is 0 Å². The quantitative estimate of drug-likeness (QED) is 0.777. The van der Waals surface area contributed by atoms with Gasteiger partial charge in [0.25, 0.3) is 0 Å². The van der Waals surface area contributed by atoms with Crippen LogP contribution in [0.5, 0.6) is 0 Å². The van der Waals surface area contributed by atoms with Crippen LogP contribution >= 0.6 is 0 Å². The molecule has 0 saturated heterocycles. The summed E-state index contributed by atoms with van der Waals surface area (Å²) in [5, 5.41) is 7.53. The number of halogens is 3. The highest BCUT2D eigenvalue weighted by Gasteiger charge is 2.26. The van der Waals surface area contributed by atoms with Gasteiger partial charge in [-0.25, -0.2) is 17.9 Å². The lowest BCUT2D eigenvalue weighted by Crippen LogP contribution is -2.06. The Labute approximate surface area is 130 Å². The van der Waals surface area contributed by atoms with Gasteiger partial charge in [0, 0.05) is 23.7 Å². The summed E-state index contributed by atoms with van der Waals surface area (Å²) in [7, 11) is 0. The van der Waals surface area contributed by atoms with Crippen LogP contribution in [0, 0.1) is 17.5 Å². The van der Waals surface area contributed by atoms with Crippen LogP contribution in [0.1, 0.15) is 5.56 Å². The number of nitrogens with one attached hydrogen (secondary N) is 1. The first-order chi connectivity index (χ1) is 11.1. The van der Waals surface area contributed by atoms with Gasteiger partial charge >= 0.3 is 0 Å². The number of nitrogens with zero attached hydrogens (tertiary/aromatic N) is 2. The highest BCUT2D eigenvalue weighted by atomic mass is 19.1. The maximum Gasteiger partial charge on any atom is 0.148 e. The summed E-state index contributed by atoms with van der Waals surface area (Å²) in [6, 6.07) is 9.62. The van der Waals surface area contributed by atoms with Crippen molar-refractivity contribution < 1.29 is 13.2 Å². The fourth-order valence-corrected chi connectivity index (χ4v) is 2.87. The Kier molecular flexibility index (Phi) is 3.11. The van der Waals surface area contributed by atoms with Gasteiger partial charge in [-0.3, -0.25) is 0 Å². The molecule has 0 bridgehead atoms. The van der Waals surface area contributed by atoms with Crippen molar-refractivity contribution in [2.75, 3.05) is 11.9 Å². The highest BCUT2D eigenvalue weighted by Crippen LogP contribution is 2.36. The molecule has 6 heteroatoms. The van der Waals surface area contributed by atoms with Crippen LogP contribution in [0.4, 0.5) is 19.0 Å². The zero-order chi connectivity index (χ0) is 16.0. The van der Waals surface area contributed by atoms with Crippen LogP contribution in [0.15, 0.2) is 42.5 Å². The van der Waals surface area contributed by atoms with E-state index in [1.807, 2.05) is 0 Å². The minimum absolute atomic E-state index is 0.210. The molecule has 116 valence electrons. The minimum atomic E-state index is -0.683. The summed E-state index contributed by atoms with van der Waals surface area (Å²) >= 11 is 0. The molecule has 3 aromatic rings. The molecular formula is C17H12F3N3. The molecule has 23 heavy (non-hydrogen) atoms. The van der Waals surface area contributed by atoms with Gasteiger partial charge in [-0.1, -0.05) is 12.1 Å². The Morgan fingerprint density at radius 2 is 1.83 bits per heavy atom. The fourth-order valence-electron chi connectivity index (χ4n) is 2.87. The summed E-state index contributed by atoms with van der Waals surface area (Å²) < 4.78 is 42.8. The first-order valence-electron chi connectivity index (χ1n) is 7.21. The van der Waals surface area contributed by atoms with Gasteiger partial charge < -0.3 is 5.32 Å². The molecule has 0 spiro atoms. The second-order valence-electron chi connectivity index (χ2n) is 5.34. The van der Waals surface area contributed by atoms with Crippen molar-refractivity contribution in [3.05, 3.63) is 65.5 Å². The van der Waals surface area contributed by atoms with E-state index in [4.69, 9.17) is 0 Å². The Balaban J connectivity index is 1.94. The molecule has 0 fully saturated rings. The average molecular weight is 315 g/mol. The number of anilines is 1. The molecule has 0 radical (unpaired) electrons. The van der Waals surface area contributed by atoms with Gasteiger partial charge in [0.15, 0.2) is 0 Å². The second kappa shape index (κ2) is 5.15. The largest absolute Gasteiger partial charge is 0.369 e. The topological polar surface area (TPSA) is 29.9 Å². The molecule has 0 amide bonds. The number of hydrogen-bond donors (Lipinski definition) is 1. The van der Waals surface area contributed by atoms with Crippen LogP contribution in [-0.4, -0.2) is 16.3 Å². The molecule has 2 heterocycles. The number of fused-ring (bicyclic) bond motifs is 1. The molecule has 0 aliphatic carbocycles. The maximum atomic E-state index is 14.1. The predicted molar refractivity (Wildman–Crippen MR) is 81.1 cm³/mol. The van der Waals surface area contributed by atoms with E-state index < -0.39 is 17.5 Å². The van der Waals surface area contributed by atoms with Gasteiger partial charge in [0.2, 0.25) is 0 Å². The smallest absolute Gasteiger partial charge is 0.148 e. The first kappa shape index (κ1) is 13.9. The minimum Gasteiger partial charge on any atom is -0.369 e. The molecule has 0 unspecified atom stereocenters. The van der Waals surface area contributed by atoms with Gasteiger partial charge in [-0.05, 0) is 30.7 Å². The molecule has 2 aromatic carbocycles. The molecular weight excluding hydrogens is 303 g/mol. The van der Waals surface area contributed by atoms with Crippen LogP contribution in [0.25, 0.3) is 16.9 Å². The zero-order valence-corrected chi connectivity index (χ0v) is 12.0. The average Bonchev–Trinajstić information content (AvgIpc) is 3.11. The van der Waals surface area contributed by atoms with Crippen molar-refractivity contribution in [1.29, 1.82) is 0 Å². The molecule has 0 saturated carbocycles. The third kappa shape index (κ3) is 2.18. The van der Waals surface area contributed by atoms with Crippen LogP contribution < -0.4 is 5.32 Å². The van der Waals surface area contributed by atoms with Crippen LogP contribution in [0.2, 0.25) is 0 Å². The van der Waals surface area contributed by atoms with Gasteiger partial charge in [-0.2, -0.15) is 5.10 Å². The van der Waals surface area contributed by atoms with Crippen LogP contribution in [-0.2, 0) is 6.42 Å². The van der Waals surface area contributed by atoms with E-state index in [9.17, 15) is 13.2 Å². The number of aromatic nitrogens is 2. The Bertz CT molecular complexity index is 902.